The van der Waals surface area contributed by atoms with E-state index in [2.05, 4.69) is 39.8 Å². The van der Waals surface area contributed by atoms with Crippen molar-refractivity contribution in [1.29, 1.82) is 0 Å². The van der Waals surface area contributed by atoms with E-state index in [1.807, 2.05) is 19.1 Å². The predicted octanol–water partition coefficient (Wildman–Crippen LogP) is 6.83. The third kappa shape index (κ3) is 8.78. The van der Waals surface area contributed by atoms with Crippen molar-refractivity contribution >= 4 is 5.97 Å². The van der Waals surface area contributed by atoms with Gasteiger partial charge in [-0.25, -0.2) is 4.79 Å². The molecule has 4 nitrogen and oxygen atoms in total. The minimum Gasteiger partial charge on any atom is -0.463 e. The van der Waals surface area contributed by atoms with Crippen molar-refractivity contribution in [2.75, 3.05) is 19.8 Å². The number of hydrogen-bond donors (Lipinski definition) is 0. The predicted molar refractivity (Wildman–Crippen MR) is 127 cm³/mol. The van der Waals surface area contributed by atoms with Crippen molar-refractivity contribution in [1.82, 2.24) is 0 Å². The van der Waals surface area contributed by atoms with Gasteiger partial charge >= 0.3 is 5.97 Å². The Balaban J connectivity index is 1.97. The summed E-state index contributed by atoms with van der Waals surface area (Å²) in [6, 6.07) is 0. The van der Waals surface area contributed by atoms with Crippen LogP contribution in [-0.2, 0) is 19.0 Å². The summed E-state index contributed by atoms with van der Waals surface area (Å²) in [7, 11) is 0. The zero-order chi connectivity index (χ0) is 22.7. The van der Waals surface area contributed by atoms with Crippen LogP contribution in [0.5, 0.6) is 0 Å². The van der Waals surface area contributed by atoms with E-state index in [1.165, 1.54) is 30.4 Å². The topological polar surface area (TPSA) is 44.8 Å². The number of rotatable bonds is 10. The van der Waals surface area contributed by atoms with Gasteiger partial charge in [0, 0.05) is 12.2 Å². The first kappa shape index (κ1) is 25.6. The molecule has 0 amide bonds. The molecule has 1 fully saturated rings. The smallest absolute Gasteiger partial charge is 0.333 e. The zero-order valence-corrected chi connectivity index (χ0v) is 20.3. The number of carbonyl (C=O) groups excluding carboxylic acids is 1. The molecule has 31 heavy (non-hydrogen) atoms. The molecule has 174 valence electrons. The van der Waals surface area contributed by atoms with Crippen LogP contribution in [0.15, 0.2) is 46.6 Å². The fraction of sp³-hybridized carbons (Fsp3) is 0.667. The molecule has 0 aromatic heterocycles. The van der Waals surface area contributed by atoms with Crippen molar-refractivity contribution in [2.24, 2.45) is 5.41 Å². The van der Waals surface area contributed by atoms with Crippen LogP contribution < -0.4 is 0 Å². The van der Waals surface area contributed by atoms with Crippen LogP contribution in [0.3, 0.4) is 0 Å². The first-order valence-corrected chi connectivity index (χ1v) is 12.0. The van der Waals surface area contributed by atoms with Gasteiger partial charge in [-0.05, 0) is 83.1 Å². The normalized spacial score (nSPS) is 22.8. The quantitative estimate of drug-likeness (QED) is 0.165. The molecule has 0 bridgehead atoms. The lowest BCUT2D eigenvalue weighted by molar-refractivity contribution is -0.162. The highest BCUT2D eigenvalue weighted by molar-refractivity contribution is 5.88. The average molecular weight is 431 g/mol. The Morgan fingerprint density at radius 2 is 2.03 bits per heavy atom. The Hall–Kier alpha value is -1.65. The fourth-order valence-corrected chi connectivity index (χ4v) is 4.31. The largest absolute Gasteiger partial charge is 0.463 e. The van der Waals surface area contributed by atoms with Crippen molar-refractivity contribution in [3.63, 3.8) is 0 Å². The number of allylic oxidation sites excluding steroid dienone is 7. The Labute approximate surface area is 189 Å². The Bertz CT molecular complexity index is 703. The standard InChI is InChI=1S/C27H42O4/c1-6-29-26(28)23(12-10-20-31-25-13-7-8-19-30-25)16-14-21(2)15-17-24-22(3)11-9-18-27(24,4)5/h14-17,25H,6-13,18-20H2,1-5H3/b17-15+,21-14+,23-16-. The maximum Gasteiger partial charge on any atom is 0.333 e. The Morgan fingerprint density at radius 3 is 2.71 bits per heavy atom. The summed E-state index contributed by atoms with van der Waals surface area (Å²) >= 11 is 0. The molecular formula is C27H42O4. The van der Waals surface area contributed by atoms with Crippen LogP contribution in [0.1, 0.15) is 86.0 Å². The summed E-state index contributed by atoms with van der Waals surface area (Å²) in [6.07, 6.45) is 16.6. The second-order valence-electron chi connectivity index (χ2n) is 9.36. The Morgan fingerprint density at radius 1 is 1.23 bits per heavy atom. The first-order valence-electron chi connectivity index (χ1n) is 12.0. The highest BCUT2D eigenvalue weighted by atomic mass is 16.7. The number of esters is 1. The van der Waals surface area contributed by atoms with Gasteiger partial charge < -0.3 is 14.2 Å². The van der Waals surface area contributed by atoms with Gasteiger partial charge in [0.25, 0.3) is 0 Å². The van der Waals surface area contributed by atoms with Crippen LogP contribution in [-0.4, -0.2) is 32.1 Å². The maximum absolute atomic E-state index is 12.4. The minimum absolute atomic E-state index is 0.0853. The van der Waals surface area contributed by atoms with E-state index >= 15 is 0 Å². The number of ether oxygens (including phenoxy) is 3. The van der Waals surface area contributed by atoms with Gasteiger partial charge in [0.05, 0.1) is 13.2 Å². The zero-order valence-electron chi connectivity index (χ0n) is 20.3. The summed E-state index contributed by atoms with van der Waals surface area (Å²) in [5.41, 5.74) is 4.98. The van der Waals surface area contributed by atoms with E-state index in [0.717, 1.165) is 37.9 Å². The van der Waals surface area contributed by atoms with E-state index in [0.29, 0.717) is 25.2 Å². The molecule has 0 saturated carbocycles. The van der Waals surface area contributed by atoms with Gasteiger partial charge in [-0.2, -0.15) is 0 Å². The molecule has 2 aliphatic rings. The van der Waals surface area contributed by atoms with Crippen LogP contribution in [0.2, 0.25) is 0 Å². The lowest BCUT2D eigenvalue weighted by Crippen LogP contribution is -2.22. The lowest BCUT2D eigenvalue weighted by Gasteiger charge is -2.32. The van der Waals surface area contributed by atoms with Crippen LogP contribution >= 0.6 is 0 Å². The van der Waals surface area contributed by atoms with Gasteiger partial charge in [0.2, 0.25) is 0 Å². The summed E-state index contributed by atoms with van der Waals surface area (Å²) in [5.74, 6) is -0.239. The molecule has 0 radical (unpaired) electrons. The highest BCUT2D eigenvalue weighted by Gasteiger charge is 2.26. The molecule has 4 heteroatoms. The molecule has 1 aliphatic carbocycles. The fourth-order valence-electron chi connectivity index (χ4n) is 4.31. The van der Waals surface area contributed by atoms with Crippen molar-refractivity contribution in [3.05, 3.63) is 46.6 Å². The van der Waals surface area contributed by atoms with E-state index in [9.17, 15) is 4.79 Å². The molecule has 1 atom stereocenters. The maximum atomic E-state index is 12.4. The summed E-state index contributed by atoms with van der Waals surface area (Å²) in [4.78, 5) is 12.4. The second kappa shape index (κ2) is 13.0. The van der Waals surface area contributed by atoms with E-state index in [-0.39, 0.29) is 17.7 Å². The monoisotopic (exact) mass is 430 g/mol. The lowest BCUT2D eigenvalue weighted by atomic mass is 9.72. The molecule has 0 aromatic rings. The molecular weight excluding hydrogens is 388 g/mol. The molecule has 1 saturated heterocycles. The van der Waals surface area contributed by atoms with Gasteiger partial charge in [-0.1, -0.05) is 49.3 Å². The van der Waals surface area contributed by atoms with Crippen molar-refractivity contribution in [3.8, 4) is 0 Å². The number of carbonyl (C=O) groups is 1. The van der Waals surface area contributed by atoms with Crippen LogP contribution in [0, 0.1) is 5.41 Å². The first-order chi connectivity index (χ1) is 14.8. The van der Waals surface area contributed by atoms with E-state index in [4.69, 9.17) is 14.2 Å². The highest BCUT2D eigenvalue weighted by Crippen LogP contribution is 2.40. The molecule has 1 unspecified atom stereocenters. The molecule has 0 spiro atoms. The molecule has 0 aromatic carbocycles. The van der Waals surface area contributed by atoms with E-state index in [1.54, 1.807) is 0 Å². The summed E-state index contributed by atoms with van der Waals surface area (Å²) < 4.78 is 16.7. The van der Waals surface area contributed by atoms with Crippen LogP contribution in [0.25, 0.3) is 0 Å². The average Bonchev–Trinajstić information content (AvgIpc) is 2.73. The molecule has 1 aliphatic heterocycles. The van der Waals surface area contributed by atoms with Crippen molar-refractivity contribution in [2.45, 2.75) is 92.3 Å². The van der Waals surface area contributed by atoms with Gasteiger partial charge in [-0.15, -0.1) is 0 Å². The SMILES string of the molecule is CCOC(=O)\C(=C/C=C(C)/C=C/C1=C(C)CCCC1(C)C)CCCOC1CCCCO1. The summed E-state index contributed by atoms with van der Waals surface area (Å²) in [6.45, 7) is 12.6. The van der Waals surface area contributed by atoms with E-state index < -0.39 is 0 Å². The molecule has 0 N–H and O–H groups in total. The molecule has 2 rings (SSSR count). The minimum atomic E-state index is -0.239. The van der Waals surface area contributed by atoms with Crippen LogP contribution in [0.4, 0.5) is 0 Å². The van der Waals surface area contributed by atoms with Gasteiger partial charge in [-0.3, -0.25) is 0 Å². The Kier molecular flexibility index (Phi) is 10.8. The van der Waals surface area contributed by atoms with Gasteiger partial charge in [0.15, 0.2) is 6.29 Å². The second-order valence-corrected chi connectivity index (χ2v) is 9.36. The van der Waals surface area contributed by atoms with Gasteiger partial charge in [0.1, 0.15) is 0 Å². The summed E-state index contributed by atoms with van der Waals surface area (Å²) in [5, 5.41) is 0. The molecule has 1 heterocycles. The third-order valence-electron chi connectivity index (χ3n) is 6.17. The number of hydrogen-bond acceptors (Lipinski definition) is 4. The van der Waals surface area contributed by atoms with Crippen molar-refractivity contribution < 1.29 is 19.0 Å². The third-order valence-corrected chi connectivity index (χ3v) is 6.17.